The van der Waals surface area contributed by atoms with E-state index >= 15 is 0 Å². The van der Waals surface area contributed by atoms with E-state index in [0.717, 1.165) is 48.9 Å². The van der Waals surface area contributed by atoms with Crippen molar-refractivity contribution in [3.63, 3.8) is 0 Å². The fraction of sp³-hybridized carbons (Fsp3) is 0.436. The maximum absolute atomic E-state index is 12.8. The molecule has 3 aliphatic rings. The molecule has 8 rings (SSSR count). The Morgan fingerprint density at radius 1 is 1.11 bits per heavy atom. The number of hydrogen-bond acceptors (Lipinski definition) is 13. The number of piperidine rings is 1. The van der Waals surface area contributed by atoms with E-state index in [-0.39, 0.29) is 48.0 Å². The molecular formula is C39H44ClN11O6. The van der Waals surface area contributed by atoms with Gasteiger partial charge in [-0.3, -0.25) is 33.7 Å². The van der Waals surface area contributed by atoms with E-state index in [0.29, 0.717) is 45.6 Å². The number of rotatable bonds is 10. The van der Waals surface area contributed by atoms with Gasteiger partial charge >= 0.3 is 0 Å². The summed E-state index contributed by atoms with van der Waals surface area (Å²) < 4.78 is 15.0. The zero-order valence-electron chi connectivity index (χ0n) is 32.3. The highest BCUT2D eigenvalue weighted by atomic mass is 35.5. The van der Waals surface area contributed by atoms with Crippen molar-refractivity contribution in [3.8, 4) is 5.75 Å². The van der Waals surface area contributed by atoms with Gasteiger partial charge in [-0.1, -0.05) is 23.7 Å². The smallest absolute Gasteiger partial charge is 0.294 e. The number of aromatic nitrogens is 6. The quantitative estimate of drug-likeness (QED) is 0.150. The summed E-state index contributed by atoms with van der Waals surface area (Å²) in [6, 6.07) is 9.34. The molecule has 57 heavy (non-hydrogen) atoms. The maximum Gasteiger partial charge on any atom is 0.294 e. The van der Waals surface area contributed by atoms with Crippen LogP contribution in [-0.2, 0) is 33.2 Å². The number of carbonyl (C=O) groups is 3. The van der Waals surface area contributed by atoms with E-state index in [1.54, 1.807) is 38.7 Å². The van der Waals surface area contributed by atoms with Crippen LogP contribution in [0.1, 0.15) is 50.6 Å². The van der Waals surface area contributed by atoms with Crippen molar-refractivity contribution >= 4 is 74.4 Å². The van der Waals surface area contributed by atoms with Gasteiger partial charge in [-0.05, 0) is 50.8 Å². The molecule has 1 aliphatic carbocycles. The number of amides is 3. The number of aryl methyl sites for hydroxylation is 2. The summed E-state index contributed by atoms with van der Waals surface area (Å²) in [4.78, 5) is 65.0. The number of nitrogens with one attached hydrogen (secondary N) is 4. The molecule has 1 spiro atoms. The molecule has 5 aromatic rings. The molecule has 0 bridgehead atoms. The molecule has 1 aromatic carbocycles. The fourth-order valence-electron chi connectivity index (χ4n) is 8.65. The summed E-state index contributed by atoms with van der Waals surface area (Å²) in [5.74, 6) is -0.414. The minimum Gasteiger partial charge on any atom is -0.478 e. The number of halogens is 1. The first kappa shape index (κ1) is 38.1. The number of pyridine rings is 2. The molecular weight excluding hydrogens is 754 g/mol. The Bertz CT molecular complexity index is 2500. The van der Waals surface area contributed by atoms with Crippen LogP contribution >= 0.6 is 11.6 Å². The van der Waals surface area contributed by atoms with Gasteiger partial charge in [0.25, 0.3) is 11.5 Å². The Kier molecular flexibility index (Phi) is 9.76. The van der Waals surface area contributed by atoms with Gasteiger partial charge in [0, 0.05) is 64.0 Å². The monoisotopic (exact) mass is 797 g/mol. The van der Waals surface area contributed by atoms with Crippen molar-refractivity contribution < 1.29 is 23.9 Å². The summed E-state index contributed by atoms with van der Waals surface area (Å²) in [6.45, 7) is 3.36. The van der Waals surface area contributed by atoms with Gasteiger partial charge in [0.15, 0.2) is 18.2 Å². The Balaban J connectivity index is 0.957. The van der Waals surface area contributed by atoms with Crippen LogP contribution in [0.2, 0.25) is 5.02 Å². The standard InChI is InChI=1S/C39H44ClN11O6/c1-38(56-5)18-39(12-11-28(38)45-26-8-6-7-23-31(48-50(4)32(23)26)24-9-10-29(52)46-35(24)54)19-51(20-39)37-43-16-25(40)33(47-37)44-22-13-21-14-27(57-17-30(53)41-2)36(55)49(3)34(21)42-15-22/h6-8,13-16,24,28,45H,9-12,17-20H2,1-5H3,(H,41,53)(H,43,44,47)(H,46,52,54)/t24?,28-,38-/m1/s1. The number of carbonyl (C=O) groups excluding carboxylic acids is 3. The summed E-state index contributed by atoms with van der Waals surface area (Å²) in [5, 5.41) is 18.6. The second kappa shape index (κ2) is 14.6. The van der Waals surface area contributed by atoms with Gasteiger partial charge in [-0.25, -0.2) is 9.97 Å². The van der Waals surface area contributed by atoms with Crippen LogP contribution in [0.4, 0.5) is 23.1 Å². The topological polar surface area (TPSA) is 200 Å². The van der Waals surface area contributed by atoms with Gasteiger partial charge in [0.2, 0.25) is 17.8 Å². The molecule has 0 radical (unpaired) electrons. The van der Waals surface area contributed by atoms with Crippen LogP contribution in [-0.4, -0.2) is 92.5 Å². The van der Waals surface area contributed by atoms with E-state index in [2.05, 4.69) is 43.1 Å². The Morgan fingerprint density at radius 2 is 1.91 bits per heavy atom. The number of nitrogens with zero attached hydrogens (tertiary/aromatic N) is 7. The average Bonchev–Trinajstić information content (AvgIpc) is 3.52. The van der Waals surface area contributed by atoms with Crippen molar-refractivity contribution in [2.75, 3.05) is 49.4 Å². The maximum atomic E-state index is 12.8. The van der Waals surface area contributed by atoms with Gasteiger partial charge in [-0.15, -0.1) is 0 Å². The first-order valence-corrected chi connectivity index (χ1v) is 19.2. The SMILES string of the molecule is CNC(=O)COc1cc2cc(Nc3nc(N4CC5(CC[C@@H](Nc6cccc7c(C8CCC(=O)NC8=O)nn(C)c67)[C@](C)(OC)C5)C4)ncc3Cl)cnc2n(C)c1=O. The highest BCUT2D eigenvalue weighted by Crippen LogP contribution is 2.50. The highest BCUT2D eigenvalue weighted by molar-refractivity contribution is 6.33. The molecule has 6 heterocycles. The van der Waals surface area contributed by atoms with Crippen molar-refractivity contribution in [2.45, 2.75) is 56.6 Å². The zero-order chi connectivity index (χ0) is 40.2. The largest absolute Gasteiger partial charge is 0.478 e. The van der Waals surface area contributed by atoms with Crippen LogP contribution < -0.4 is 36.5 Å². The third-order valence-corrected chi connectivity index (χ3v) is 11.9. The number of likely N-dealkylation sites (N-methyl/N-ethyl adjacent to an activating group) is 1. The van der Waals surface area contributed by atoms with Gasteiger partial charge in [0.1, 0.15) is 10.7 Å². The highest BCUT2D eigenvalue weighted by Gasteiger charge is 2.54. The Labute approximate surface area is 332 Å². The molecule has 3 fully saturated rings. The lowest BCUT2D eigenvalue weighted by atomic mass is 9.62. The van der Waals surface area contributed by atoms with Crippen molar-refractivity contribution in [1.82, 2.24) is 39.9 Å². The number of benzene rings is 1. The number of methoxy groups -OCH3 is 1. The third kappa shape index (κ3) is 6.98. The third-order valence-electron chi connectivity index (χ3n) is 11.7. The van der Waals surface area contributed by atoms with Crippen molar-refractivity contribution in [3.05, 3.63) is 63.8 Å². The zero-order valence-corrected chi connectivity index (χ0v) is 33.1. The van der Waals surface area contributed by atoms with E-state index in [1.165, 1.54) is 11.6 Å². The molecule has 1 saturated carbocycles. The minimum atomic E-state index is -0.495. The van der Waals surface area contributed by atoms with Gasteiger partial charge < -0.3 is 30.3 Å². The fourth-order valence-corrected chi connectivity index (χ4v) is 8.79. The van der Waals surface area contributed by atoms with E-state index in [9.17, 15) is 19.2 Å². The van der Waals surface area contributed by atoms with Crippen LogP contribution in [0.5, 0.6) is 5.75 Å². The molecule has 2 saturated heterocycles. The second-order valence-corrected chi connectivity index (χ2v) is 15.9. The number of para-hydroxylation sites is 1. The molecule has 1 unspecified atom stereocenters. The molecule has 17 nitrogen and oxygen atoms in total. The molecule has 3 amide bonds. The molecule has 3 atom stereocenters. The summed E-state index contributed by atoms with van der Waals surface area (Å²) >= 11 is 6.58. The predicted octanol–water partition coefficient (Wildman–Crippen LogP) is 3.53. The summed E-state index contributed by atoms with van der Waals surface area (Å²) in [5.41, 5.74) is 2.61. The Morgan fingerprint density at radius 3 is 2.67 bits per heavy atom. The first-order chi connectivity index (χ1) is 27.3. The molecule has 18 heteroatoms. The van der Waals surface area contributed by atoms with Crippen molar-refractivity contribution in [1.29, 1.82) is 0 Å². The normalized spacial score (nSPS) is 21.7. The lowest BCUT2D eigenvalue weighted by molar-refractivity contribution is -0.134. The van der Waals surface area contributed by atoms with E-state index < -0.39 is 17.1 Å². The van der Waals surface area contributed by atoms with E-state index in [4.69, 9.17) is 31.2 Å². The number of ether oxygens (including phenoxy) is 2. The van der Waals surface area contributed by atoms with Crippen molar-refractivity contribution in [2.24, 2.45) is 19.5 Å². The number of fused-ring (bicyclic) bond motifs is 2. The Hall–Kier alpha value is -5.81. The van der Waals surface area contributed by atoms with Gasteiger partial charge in [-0.2, -0.15) is 10.1 Å². The number of hydrogen-bond donors (Lipinski definition) is 4. The summed E-state index contributed by atoms with van der Waals surface area (Å²) in [6.07, 6.45) is 6.52. The summed E-state index contributed by atoms with van der Waals surface area (Å²) in [7, 11) is 6.72. The molecule has 4 aromatic heterocycles. The number of anilines is 4. The molecule has 2 aliphatic heterocycles. The molecule has 4 N–H and O–H groups in total. The second-order valence-electron chi connectivity index (χ2n) is 15.5. The first-order valence-electron chi connectivity index (χ1n) is 18.8. The molecule has 298 valence electrons. The minimum absolute atomic E-state index is 0.000715. The van der Waals surface area contributed by atoms with E-state index in [1.807, 2.05) is 29.9 Å². The predicted molar refractivity (Wildman–Crippen MR) is 214 cm³/mol. The van der Waals surface area contributed by atoms with Gasteiger partial charge in [0.05, 0.1) is 52.5 Å². The van der Waals surface area contributed by atoms with Crippen LogP contribution in [0.25, 0.3) is 21.9 Å². The lowest BCUT2D eigenvalue weighted by Gasteiger charge is -2.58. The van der Waals surface area contributed by atoms with Crippen LogP contribution in [0.15, 0.2) is 47.5 Å². The number of imide groups is 1. The van der Waals surface area contributed by atoms with Crippen LogP contribution in [0.3, 0.4) is 0 Å². The lowest BCUT2D eigenvalue weighted by Crippen LogP contribution is -2.65. The van der Waals surface area contributed by atoms with Crippen LogP contribution in [0, 0.1) is 5.41 Å². The average molecular weight is 798 g/mol.